The first-order valence-electron chi connectivity index (χ1n) is 9.10. The predicted molar refractivity (Wildman–Crippen MR) is 113 cm³/mol. The van der Waals surface area contributed by atoms with Crippen LogP contribution in [0.5, 0.6) is 5.75 Å². The van der Waals surface area contributed by atoms with E-state index in [1.807, 2.05) is 35.9 Å². The first kappa shape index (κ1) is 20.3. The van der Waals surface area contributed by atoms with Gasteiger partial charge in [0.25, 0.3) is 0 Å². The van der Waals surface area contributed by atoms with Gasteiger partial charge < -0.3 is 4.74 Å². The van der Waals surface area contributed by atoms with E-state index in [4.69, 9.17) is 28.6 Å². The predicted octanol–water partition coefficient (Wildman–Crippen LogP) is 4.38. The minimum atomic E-state index is 0.423. The third-order valence-corrected chi connectivity index (χ3v) is 5.04. The van der Waals surface area contributed by atoms with Crippen LogP contribution in [0, 0.1) is 11.7 Å². The molecule has 3 aromatic rings. The van der Waals surface area contributed by atoms with Gasteiger partial charge in [-0.3, -0.25) is 9.78 Å². The molecule has 0 amide bonds. The molecule has 0 bridgehead atoms. The standard InChI is InChI=1S/C19H23ClN6OS/c1-4-5-10-25-18(20)16(13(2)24-25)12-21-26-17(22-23-19(26)28)11-14-6-8-15(27-3)9-7-14/h6-9,12H,4-5,10-11H2,1-3H3,(H,23,28). The van der Waals surface area contributed by atoms with Crippen molar-refractivity contribution in [1.82, 2.24) is 24.7 Å². The van der Waals surface area contributed by atoms with Crippen LogP contribution in [0.4, 0.5) is 0 Å². The molecule has 7 nitrogen and oxygen atoms in total. The molecule has 148 valence electrons. The zero-order valence-corrected chi connectivity index (χ0v) is 17.7. The van der Waals surface area contributed by atoms with Crippen LogP contribution in [0.25, 0.3) is 0 Å². The molecule has 1 N–H and O–H groups in total. The number of methoxy groups -OCH3 is 1. The summed E-state index contributed by atoms with van der Waals surface area (Å²) in [7, 11) is 1.65. The Labute approximate surface area is 174 Å². The number of halogens is 1. The van der Waals surface area contributed by atoms with Gasteiger partial charge in [-0.1, -0.05) is 37.1 Å². The Morgan fingerprint density at radius 1 is 1.32 bits per heavy atom. The second kappa shape index (κ2) is 9.16. The summed E-state index contributed by atoms with van der Waals surface area (Å²) in [6.07, 6.45) is 4.38. The molecular formula is C19H23ClN6OS. The number of nitrogens with one attached hydrogen (secondary N) is 1. The van der Waals surface area contributed by atoms with Gasteiger partial charge in [0.05, 0.1) is 24.6 Å². The van der Waals surface area contributed by atoms with E-state index in [2.05, 4.69) is 27.3 Å². The Hall–Kier alpha value is -2.45. The van der Waals surface area contributed by atoms with Crippen LogP contribution in [0.1, 0.15) is 42.4 Å². The van der Waals surface area contributed by atoms with Crippen LogP contribution >= 0.6 is 23.8 Å². The lowest BCUT2D eigenvalue weighted by molar-refractivity contribution is 0.414. The second-order valence-corrected chi connectivity index (χ2v) is 7.14. The molecule has 2 heterocycles. The zero-order chi connectivity index (χ0) is 20.1. The number of ether oxygens (including phenoxy) is 1. The summed E-state index contributed by atoms with van der Waals surface area (Å²) in [5.41, 5.74) is 2.70. The number of aromatic nitrogens is 5. The van der Waals surface area contributed by atoms with Crippen molar-refractivity contribution in [2.24, 2.45) is 5.10 Å². The molecule has 0 aliphatic rings. The van der Waals surface area contributed by atoms with Crippen molar-refractivity contribution in [2.75, 3.05) is 7.11 Å². The molecule has 0 spiro atoms. The normalized spacial score (nSPS) is 11.4. The number of benzene rings is 1. The smallest absolute Gasteiger partial charge is 0.216 e. The molecular weight excluding hydrogens is 396 g/mol. The maximum Gasteiger partial charge on any atom is 0.216 e. The summed E-state index contributed by atoms with van der Waals surface area (Å²) in [6.45, 7) is 4.85. The largest absolute Gasteiger partial charge is 0.497 e. The third kappa shape index (κ3) is 4.51. The van der Waals surface area contributed by atoms with Crippen LogP contribution < -0.4 is 4.74 Å². The number of hydrogen-bond acceptors (Lipinski definition) is 5. The Morgan fingerprint density at radius 3 is 2.75 bits per heavy atom. The van der Waals surface area contributed by atoms with Crippen molar-refractivity contribution in [3.63, 3.8) is 0 Å². The molecule has 9 heteroatoms. The lowest BCUT2D eigenvalue weighted by atomic mass is 10.1. The molecule has 0 unspecified atom stereocenters. The minimum absolute atomic E-state index is 0.423. The lowest BCUT2D eigenvalue weighted by Gasteiger charge is -2.03. The van der Waals surface area contributed by atoms with Crippen LogP contribution in [0.2, 0.25) is 5.15 Å². The van der Waals surface area contributed by atoms with Gasteiger partial charge >= 0.3 is 0 Å². The molecule has 0 saturated heterocycles. The summed E-state index contributed by atoms with van der Waals surface area (Å²) >= 11 is 11.8. The number of hydrogen-bond donors (Lipinski definition) is 1. The average Bonchev–Trinajstić information content (AvgIpc) is 3.18. The van der Waals surface area contributed by atoms with Crippen molar-refractivity contribution < 1.29 is 4.74 Å². The second-order valence-electron chi connectivity index (χ2n) is 6.39. The van der Waals surface area contributed by atoms with Gasteiger partial charge in [0.1, 0.15) is 10.9 Å². The lowest BCUT2D eigenvalue weighted by Crippen LogP contribution is -2.01. The van der Waals surface area contributed by atoms with E-state index in [-0.39, 0.29) is 0 Å². The van der Waals surface area contributed by atoms with E-state index in [1.54, 1.807) is 18.0 Å². The fourth-order valence-corrected chi connectivity index (χ4v) is 3.28. The molecule has 0 fully saturated rings. The Kier molecular flexibility index (Phi) is 6.64. The Balaban J connectivity index is 1.84. The SMILES string of the molecule is CCCCn1nc(C)c(C=Nn2c(Cc3ccc(OC)cc3)n[nH]c2=S)c1Cl. The molecule has 3 rings (SSSR count). The molecule has 0 atom stereocenters. The monoisotopic (exact) mass is 418 g/mol. The fourth-order valence-electron chi connectivity index (χ4n) is 2.77. The molecule has 1 aromatic carbocycles. The molecule has 0 aliphatic heterocycles. The Morgan fingerprint density at radius 2 is 2.07 bits per heavy atom. The number of aromatic amines is 1. The van der Waals surface area contributed by atoms with Crippen molar-refractivity contribution in [1.29, 1.82) is 0 Å². The van der Waals surface area contributed by atoms with Crippen molar-refractivity contribution in [3.05, 3.63) is 56.8 Å². The highest BCUT2D eigenvalue weighted by Crippen LogP contribution is 2.19. The van der Waals surface area contributed by atoms with Gasteiger partial charge in [0.15, 0.2) is 5.82 Å². The highest BCUT2D eigenvalue weighted by Gasteiger charge is 2.12. The number of H-pyrrole nitrogens is 1. The zero-order valence-electron chi connectivity index (χ0n) is 16.1. The van der Waals surface area contributed by atoms with E-state index >= 15 is 0 Å². The summed E-state index contributed by atoms with van der Waals surface area (Å²) in [6, 6.07) is 7.81. The van der Waals surface area contributed by atoms with Gasteiger partial charge in [-0.25, -0.2) is 0 Å². The highest BCUT2D eigenvalue weighted by molar-refractivity contribution is 7.71. The van der Waals surface area contributed by atoms with Crippen molar-refractivity contribution in [3.8, 4) is 5.75 Å². The topological polar surface area (TPSA) is 73.0 Å². The molecule has 0 aliphatic carbocycles. The van der Waals surface area contributed by atoms with Crippen LogP contribution in [0.3, 0.4) is 0 Å². The first-order valence-corrected chi connectivity index (χ1v) is 9.88. The molecule has 0 saturated carbocycles. The van der Waals surface area contributed by atoms with Gasteiger partial charge in [0, 0.05) is 13.0 Å². The van der Waals surface area contributed by atoms with Crippen LogP contribution in [0.15, 0.2) is 29.4 Å². The fraction of sp³-hybridized carbons (Fsp3) is 0.368. The van der Waals surface area contributed by atoms with Gasteiger partial charge in [-0.2, -0.15) is 20.0 Å². The highest BCUT2D eigenvalue weighted by atomic mass is 35.5. The van der Waals surface area contributed by atoms with Gasteiger partial charge in [-0.05, 0) is 43.3 Å². The third-order valence-electron chi connectivity index (χ3n) is 4.37. The van der Waals surface area contributed by atoms with E-state index in [0.717, 1.165) is 42.0 Å². The number of unbranched alkanes of at least 4 members (excludes halogenated alkanes) is 1. The first-order chi connectivity index (χ1) is 13.5. The van der Waals surface area contributed by atoms with E-state index in [1.165, 1.54) is 0 Å². The average molecular weight is 419 g/mol. The molecule has 2 aromatic heterocycles. The summed E-state index contributed by atoms with van der Waals surface area (Å²) in [5.74, 6) is 1.52. The number of aryl methyl sites for hydroxylation is 2. The van der Waals surface area contributed by atoms with Crippen LogP contribution in [-0.2, 0) is 13.0 Å². The molecule has 28 heavy (non-hydrogen) atoms. The molecule has 0 radical (unpaired) electrons. The minimum Gasteiger partial charge on any atom is -0.497 e. The summed E-state index contributed by atoms with van der Waals surface area (Å²) in [5, 5.41) is 16.7. The maximum atomic E-state index is 6.48. The summed E-state index contributed by atoms with van der Waals surface area (Å²) in [4.78, 5) is 0. The van der Waals surface area contributed by atoms with Crippen LogP contribution in [-0.4, -0.2) is 38.0 Å². The van der Waals surface area contributed by atoms with Crippen molar-refractivity contribution in [2.45, 2.75) is 39.7 Å². The van der Waals surface area contributed by atoms with Gasteiger partial charge in [0.2, 0.25) is 4.77 Å². The quantitative estimate of drug-likeness (QED) is 0.435. The summed E-state index contributed by atoms with van der Waals surface area (Å²) < 4.78 is 9.04. The maximum absolute atomic E-state index is 6.48. The number of rotatable bonds is 8. The van der Waals surface area contributed by atoms with Gasteiger partial charge in [-0.15, -0.1) is 0 Å². The Bertz CT molecular complexity index is 1020. The van der Waals surface area contributed by atoms with E-state index < -0.39 is 0 Å². The number of nitrogens with zero attached hydrogens (tertiary/aromatic N) is 5. The van der Waals surface area contributed by atoms with Crippen molar-refractivity contribution >= 4 is 30.0 Å². The van der Waals surface area contributed by atoms with E-state index in [9.17, 15) is 0 Å². The van der Waals surface area contributed by atoms with E-state index in [0.29, 0.717) is 22.2 Å².